The molecule has 0 unspecified atom stereocenters. The Morgan fingerprint density at radius 3 is 3.00 bits per heavy atom. The van der Waals surface area contributed by atoms with E-state index in [-0.39, 0.29) is 17.3 Å². The highest BCUT2D eigenvalue weighted by Crippen LogP contribution is 2.26. The number of para-hydroxylation sites is 1. The minimum atomic E-state index is -0.267. The Bertz CT molecular complexity index is 734. The van der Waals surface area contributed by atoms with Gasteiger partial charge in [-0.25, -0.2) is 9.97 Å². The Kier molecular flexibility index (Phi) is 6.09. The van der Waals surface area contributed by atoms with Crippen LogP contribution in [0.2, 0.25) is 0 Å². The highest BCUT2D eigenvalue weighted by Gasteiger charge is 2.20. The molecule has 1 fully saturated rings. The predicted octanol–water partition coefficient (Wildman–Crippen LogP) is 2.84. The number of aromatic nitrogens is 2. The van der Waals surface area contributed by atoms with Crippen molar-refractivity contribution in [2.75, 3.05) is 25.0 Å². The molecule has 1 aromatic carbocycles. The summed E-state index contributed by atoms with van der Waals surface area (Å²) in [5.74, 6) is 0.796. The molecule has 1 saturated heterocycles. The molecular formula is C18H24N4O2S. The van der Waals surface area contributed by atoms with Gasteiger partial charge in [0.25, 0.3) is 0 Å². The van der Waals surface area contributed by atoms with Crippen molar-refractivity contribution in [3.63, 3.8) is 0 Å². The Morgan fingerprint density at radius 1 is 1.40 bits per heavy atom. The van der Waals surface area contributed by atoms with Crippen LogP contribution in [0, 0.1) is 0 Å². The predicted molar refractivity (Wildman–Crippen MR) is 101 cm³/mol. The van der Waals surface area contributed by atoms with E-state index in [2.05, 4.69) is 20.6 Å². The number of rotatable bonds is 7. The molecule has 0 bridgehead atoms. The van der Waals surface area contributed by atoms with E-state index in [0.29, 0.717) is 11.7 Å². The number of carbonyl (C=O) groups excluding carboxylic acids is 1. The van der Waals surface area contributed by atoms with Crippen molar-refractivity contribution in [1.29, 1.82) is 0 Å². The van der Waals surface area contributed by atoms with Crippen LogP contribution in [-0.4, -0.2) is 46.9 Å². The quantitative estimate of drug-likeness (QED) is 0.584. The molecule has 0 spiro atoms. The fraction of sp³-hybridized carbons (Fsp3) is 0.500. The van der Waals surface area contributed by atoms with Crippen molar-refractivity contribution >= 4 is 34.4 Å². The van der Waals surface area contributed by atoms with Gasteiger partial charge in [0.15, 0.2) is 5.16 Å². The van der Waals surface area contributed by atoms with Crippen LogP contribution in [0.1, 0.15) is 26.7 Å². The molecule has 0 radical (unpaired) electrons. The topological polar surface area (TPSA) is 76.1 Å². The summed E-state index contributed by atoms with van der Waals surface area (Å²) in [7, 11) is 0. The van der Waals surface area contributed by atoms with E-state index in [1.807, 2.05) is 38.1 Å². The van der Waals surface area contributed by atoms with Crippen LogP contribution in [0.15, 0.2) is 29.4 Å². The number of hydrogen-bond donors (Lipinski definition) is 2. The van der Waals surface area contributed by atoms with E-state index in [9.17, 15) is 4.79 Å². The summed E-state index contributed by atoms with van der Waals surface area (Å²) in [6.07, 6.45) is 2.24. The van der Waals surface area contributed by atoms with Crippen LogP contribution in [0.5, 0.6) is 0 Å². The highest BCUT2D eigenvalue weighted by molar-refractivity contribution is 8.00. The molecule has 1 aliphatic heterocycles. The van der Waals surface area contributed by atoms with E-state index in [1.54, 1.807) is 0 Å². The average Bonchev–Trinajstić information content (AvgIpc) is 3.13. The fourth-order valence-electron chi connectivity index (χ4n) is 2.79. The van der Waals surface area contributed by atoms with Gasteiger partial charge in [0.2, 0.25) is 5.91 Å². The lowest BCUT2D eigenvalue weighted by Gasteiger charge is -2.15. The van der Waals surface area contributed by atoms with Gasteiger partial charge in [-0.2, -0.15) is 0 Å². The molecule has 6 nitrogen and oxygen atoms in total. The Morgan fingerprint density at radius 2 is 2.24 bits per heavy atom. The van der Waals surface area contributed by atoms with Gasteiger partial charge in [-0.15, -0.1) is 0 Å². The maximum atomic E-state index is 12.3. The number of hydrogen-bond acceptors (Lipinski definition) is 6. The minimum Gasteiger partial charge on any atom is -0.376 e. The van der Waals surface area contributed by atoms with Crippen LogP contribution in [-0.2, 0) is 9.53 Å². The van der Waals surface area contributed by atoms with Gasteiger partial charge in [0, 0.05) is 25.1 Å². The van der Waals surface area contributed by atoms with Gasteiger partial charge in [0.1, 0.15) is 5.82 Å². The van der Waals surface area contributed by atoms with Crippen molar-refractivity contribution in [2.24, 2.45) is 0 Å². The standard InChI is InChI=1S/C18H24N4O2S/c1-3-19-16-14-8-4-5-9-15(14)21-18(22-16)25-12(2)17(23)20-11-13-7-6-10-24-13/h4-5,8-9,12-13H,3,6-7,10-11H2,1-2H3,(H,20,23)(H,19,21,22)/t12-,13+/m0/s1. The van der Waals surface area contributed by atoms with Gasteiger partial charge in [0.05, 0.1) is 16.9 Å². The van der Waals surface area contributed by atoms with Gasteiger partial charge < -0.3 is 15.4 Å². The number of fused-ring (bicyclic) bond motifs is 1. The van der Waals surface area contributed by atoms with E-state index >= 15 is 0 Å². The molecule has 0 aliphatic carbocycles. The molecule has 2 N–H and O–H groups in total. The van der Waals surface area contributed by atoms with E-state index < -0.39 is 0 Å². The third-order valence-electron chi connectivity index (χ3n) is 4.11. The number of nitrogens with zero attached hydrogens (tertiary/aromatic N) is 2. The van der Waals surface area contributed by atoms with Crippen LogP contribution < -0.4 is 10.6 Å². The maximum Gasteiger partial charge on any atom is 0.233 e. The number of benzene rings is 1. The van der Waals surface area contributed by atoms with Crippen LogP contribution in [0.4, 0.5) is 5.82 Å². The van der Waals surface area contributed by atoms with Crippen LogP contribution >= 0.6 is 11.8 Å². The SMILES string of the molecule is CCNc1nc(S[C@@H](C)C(=O)NC[C@H]2CCCO2)nc2ccccc12. The number of anilines is 1. The van der Waals surface area contributed by atoms with Gasteiger partial charge in [-0.05, 0) is 38.8 Å². The molecule has 7 heteroatoms. The molecule has 2 aromatic rings. The van der Waals surface area contributed by atoms with Crippen molar-refractivity contribution in [3.8, 4) is 0 Å². The Labute approximate surface area is 152 Å². The monoisotopic (exact) mass is 360 g/mol. The number of carbonyl (C=O) groups is 1. The van der Waals surface area contributed by atoms with Crippen molar-refractivity contribution < 1.29 is 9.53 Å². The molecule has 25 heavy (non-hydrogen) atoms. The number of nitrogens with one attached hydrogen (secondary N) is 2. The summed E-state index contributed by atoms with van der Waals surface area (Å²) in [6.45, 7) is 6.06. The first-order valence-electron chi connectivity index (χ1n) is 8.74. The molecular weight excluding hydrogens is 336 g/mol. The number of thioether (sulfide) groups is 1. The summed E-state index contributed by atoms with van der Waals surface area (Å²) in [5, 5.41) is 7.57. The summed E-state index contributed by atoms with van der Waals surface area (Å²) in [5.41, 5.74) is 0.878. The Balaban J connectivity index is 1.67. The first-order valence-corrected chi connectivity index (χ1v) is 9.62. The van der Waals surface area contributed by atoms with Crippen LogP contribution in [0.25, 0.3) is 10.9 Å². The number of amides is 1. The molecule has 1 aromatic heterocycles. The smallest absolute Gasteiger partial charge is 0.233 e. The van der Waals surface area contributed by atoms with Crippen molar-refractivity contribution in [3.05, 3.63) is 24.3 Å². The second kappa shape index (κ2) is 8.49. The molecule has 134 valence electrons. The highest BCUT2D eigenvalue weighted by atomic mass is 32.2. The number of ether oxygens (including phenoxy) is 1. The van der Waals surface area contributed by atoms with Gasteiger partial charge in [-0.1, -0.05) is 23.9 Å². The van der Waals surface area contributed by atoms with E-state index in [4.69, 9.17) is 4.74 Å². The fourth-order valence-corrected chi connectivity index (χ4v) is 3.59. The minimum absolute atomic E-state index is 0.0118. The van der Waals surface area contributed by atoms with Gasteiger partial charge in [-0.3, -0.25) is 4.79 Å². The van der Waals surface area contributed by atoms with E-state index in [0.717, 1.165) is 42.7 Å². The normalized spacial score (nSPS) is 18.2. The average molecular weight is 360 g/mol. The van der Waals surface area contributed by atoms with Gasteiger partial charge >= 0.3 is 0 Å². The molecule has 2 atom stereocenters. The third kappa shape index (κ3) is 4.61. The second-order valence-electron chi connectivity index (χ2n) is 6.04. The lowest BCUT2D eigenvalue weighted by atomic mass is 10.2. The largest absolute Gasteiger partial charge is 0.376 e. The van der Waals surface area contributed by atoms with Crippen LogP contribution in [0.3, 0.4) is 0 Å². The Hall–Kier alpha value is -1.86. The zero-order chi connectivity index (χ0) is 17.6. The third-order valence-corrected chi connectivity index (χ3v) is 5.07. The first kappa shape index (κ1) is 17.9. The molecule has 1 aliphatic rings. The summed E-state index contributed by atoms with van der Waals surface area (Å²) in [4.78, 5) is 21.5. The molecule has 2 heterocycles. The van der Waals surface area contributed by atoms with E-state index in [1.165, 1.54) is 11.8 Å². The lowest BCUT2D eigenvalue weighted by Crippen LogP contribution is -2.36. The van der Waals surface area contributed by atoms with Crippen molar-refractivity contribution in [2.45, 2.75) is 43.2 Å². The summed E-state index contributed by atoms with van der Waals surface area (Å²) >= 11 is 1.37. The second-order valence-corrected chi connectivity index (χ2v) is 7.35. The molecule has 0 saturated carbocycles. The zero-order valence-corrected chi connectivity index (χ0v) is 15.4. The lowest BCUT2D eigenvalue weighted by molar-refractivity contribution is -0.120. The maximum absolute atomic E-state index is 12.3. The zero-order valence-electron chi connectivity index (χ0n) is 14.6. The first-order chi connectivity index (χ1) is 12.2. The summed E-state index contributed by atoms with van der Waals surface area (Å²) in [6, 6.07) is 7.89. The molecule has 1 amide bonds. The summed E-state index contributed by atoms with van der Waals surface area (Å²) < 4.78 is 5.54. The van der Waals surface area contributed by atoms with Crippen molar-refractivity contribution in [1.82, 2.24) is 15.3 Å². The molecule has 3 rings (SSSR count).